The summed E-state index contributed by atoms with van der Waals surface area (Å²) in [5.41, 5.74) is 8.06. The van der Waals surface area contributed by atoms with Crippen LogP contribution in [0.25, 0.3) is 0 Å². The highest BCUT2D eigenvalue weighted by molar-refractivity contribution is 7.18. The summed E-state index contributed by atoms with van der Waals surface area (Å²) in [5.74, 6) is 0.464. The lowest BCUT2D eigenvalue weighted by Gasteiger charge is -2.05. The molecule has 102 valence electrons. The van der Waals surface area contributed by atoms with Crippen LogP contribution in [-0.2, 0) is 0 Å². The number of carbonyl (C=O) groups is 1. The Labute approximate surface area is 117 Å². The molecule has 2 saturated carbocycles. The lowest BCUT2D eigenvalue weighted by Crippen LogP contribution is -2.23. The number of nitrogen functional groups attached to an aromatic ring is 1. The van der Waals surface area contributed by atoms with Crippen molar-refractivity contribution < 1.29 is 4.79 Å². The monoisotopic (exact) mass is 277 g/mol. The van der Waals surface area contributed by atoms with E-state index >= 15 is 0 Å². The van der Waals surface area contributed by atoms with E-state index in [0.29, 0.717) is 29.1 Å². The Balaban J connectivity index is 1.86. The maximum absolute atomic E-state index is 12.1. The molecule has 0 unspecified atom stereocenters. The van der Waals surface area contributed by atoms with E-state index in [0.717, 1.165) is 5.00 Å². The van der Waals surface area contributed by atoms with Gasteiger partial charge in [0.05, 0.1) is 10.7 Å². The average molecular weight is 277 g/mol. The van der Waals surface area contributed by atoms with Gasteiger partial charge in [0, 0.05) is 18.2 Å². The van der Waals surface area contributed by atoms with Crippen molar-refractivity contribution in [3.63, 3.8) is 0 Å². The van der Waals surface area contributed by atoms with Crippen molar-refractivity contribution in [3.05, 3.63) is 23.1 Å². The third-order valence-corrected chi connectivity index (χ3v) is 4.65. The summed E-state index contributed by atoms with van der Waals surface area (Å²) in [4.78, 5) is 12.7. The Morgan fingerprint density at radius 2 is 2.16 bits per heavy atom. The topological polar surface area (TPSA) is 67.2 Å². The number of hydrogen-bond acceptors (Lipinski definition) is 4. The van der Waals surface area contributed by atoms with Crippen LogP contribution in [0.4, 0.5) is 10.7 Å². The van der Waals surface area contributed by atoms with Crippen molar-refractivity contribution in [1.82, 2.24) is 5.32 Å². The van der Waals surface area contributed by atoms with E-state index in [-0.39, 0.29) is 5.91 Å². The molecule has 19 heavy (non-hydrogen) atoms. The van der Waals surface area contributed by atoms with Gasteiger partial charge in [0.25, 0.3) is 5.91 Å². The summed E-state index contributed by atoms with van der Waals surface area (Å²) >= 11 is 1.50. The van der Waals surface area contributed by atoms with Crippen molar-refractivity contribution in [2.45, 2.75) is 37.6 Å². The molecule has 1 amide bonds. The number of rotatable bonds is 6. The number of thiophene rings is 1. The van der Waals surface area contributed by atoms with Gasteiger partial charge in [0.15, 0.2) is 0 Å². The molecular formula is C14H19N3OS. The van der Waals surface area contributed by atoms with Crippen LogP contribution in [0.1, 0.15) is 46.8 Å². The first kappa shape index (κ1) is 12.5. The molecule has 2 aliphatic rings. The molecule has 0 aliphatic heterocycles. The summed E-state index contributed by atoms with van der Waals surface area (Å²) in [5, 5.41) is 7.44. The molecule has 0 spiro atoms. The Hall–Kier alpha value is -1.49. The molecule has 0 radical (unpaired) electrons. The molecule has 2 aliphatic carbocycles. The van der Waals surface area contributed by atoms with Gasteiger partial charge in [0.1, 0.15) is 4.88 Å². The van der Waals surface area contributed by atoms with E-state index in [9.17, 15) is 4.79 Å². The largest absolute Gasteiger partial charge is 0.397 e. The lowest BCUT2D eigenvalue weighted by molar-refractivity contribution is 0.0963. The maximum atomic E-state index is 12.1. The molecule has 1 aromatic rings. The van der Waals surface area contributed by atoms with E-state index in [1.165, 1.54) is 42.6 Å². The summed E-state index contributed by atoms with van der Waals surface area (Å²) in [6, 6.07) is 0.583. The zero-order valence-electron chi connectivity index (χ0n) is 10.9. The predicted octanol–water partition coefficient (Wildman–Crippen LogP) is 2.70. The second-order valence-electron chi connectivity index (χ2n) is 5.28. The van der Waals surface area contributed by atoms with Crippen molar-refractivity contribution >= 4 is 27.9 Å². The van der Waals surface area contributed by atoms with Gasteiger partial charge in [-0.25, -0.2) is 0 Å². The third-order valence-electron chi connectivity index (χ3n) is 3.49. The maximum Gasteiger partial charge on any atom is 0.263 e. The Bertz CT molecular complexity index is 515. The van der Waals surface area contributed by atoms with Gasteiger partial charge in [-0.1, -0.05) is 6.08 Å². The minimum Gasteiger partial charge on any atom is -0.397 e. The Morgan fingerprint density at radius 1 is 1.42 bits per heavy atom. The van der Waals surface area contributed by atoms with Crippen molar-refractivity contribution in [3.8, 4) is 0 Å². The van der Waals surface area contributed by atoms with Crippen LogP contribution >= 0.6 is 11.3 Å². The van der Waals surface area contributed by atoms with Gasteiger partial charge in [-0.15, -0.1) is 17.9 Å². The smallest absolute Gasteiger partial charge is 0.263 e. The molecule has 1 aromatic heterocycles. The number of hydrogen-bond donors (Lipinski definition) is 3. The summed E-state index contributed by atoms with van der Waals surface area (Å²) < 4.78 is 0. The van der Waals surface area contributed by atoms with Gasteiger partial charge in [-0.2, -0.15) is 0 Å². The second-order valence-corrected chi connectivity index (χ2v) is 6.30. The lowest BCUT2D eigenvalue weighted by atomic mass is 10.1. The molecule has 2 fully saturated rings. The van der Waals surface area contributed by atoms with Crippen molar-refractivity contribution in [2.75, 3.05) is 17.6 Å². The van der Waals surface area contributed by atoms with Crippen LogP contribution < -0.4 is 16.4 Å². The number of carbonyl (C=O) groups excluding carboxylic acids is 1. The first-order chi connectivity index (χ1) is 9.20. The SMILES string of the molecule is C=CCNC(=O)c1sc(NC2CC2)c(C2CC2)c1N. The molecule has 3 rings (SSSR count). The highest BCUT2D eigenvalue weighted by atomic mass is 32.1. The van der Waals surface area contributed by atoms with Crippen LogP contribution in [0, 0.1) is 0 Å². The van der Waals surface area contributed by atoms with Crippen LogP contribution in [-0.4, -0.2) is 18.5 Å². The Morgan fingerprint density at radius 3 is 2.74 bits per heavy atom. The van der Waals surface area contributed by atoms with E-state index in [4.69, 9.17) is 5.73 Å². The van der Waals surface area contributed by atoms with Gasteiger partial charge in [0.2, 0.25) is 0 Å². The standard InChI is InChI=1S/C14H19N3OS/c1-2-7-16-13(18)12-11(15)10(8-3-4-8)14(19-12)17-9-5-6-9/h2,8-9,17H,1,3-7,15H2,(H,16,18). The predicted molar refractivity (Wildman–Crippen MR) is 79.9 cm³/mol. The zero-order valence-corrected chi connectivity index (χ0v) is 11.7. The van der Waals surface area contributed by atoms with E-state index < -0.39 is 0 Å². The minimum atomic E-state index is -0.0897. The first-order valence-corrected chi connectivity index (χ1v) is 7.60. The molecule has 0 saturated heterocycles. The van der Waals surface area contributed by atoms with Gasteiger partial charge < -0.3 is 16.4 Å². The van der Waals surface area contributed by atoms with Gasteiger partial charge in [-0.3, -0.25) is 4.79 Å². The minimum absolute atomic E-state index is 0.0897. The summed E-state index contributed by atoms with van der Waals surface area (Å²) in [6.07, 6.45) is 6.49. The first-order valence-electron chi connectivity index (χ1n) is 6.78. The van der Waals surface area contributed by atoms with Crippen LogP contribution in [0.2, 0.25) is 0 Å². The third kappa shape index (κ3) is 2.61. The average Bonchev–Trinajstić information content (AvgIpc) is 3.28. The molecule has 5 heteroatoms. The number of amides is 1. The molecule has 0 bridgehead atoms. The summed E-state index contributed by atoms with van der Waals surface area (Å²) in [6.45, 7) is 4.07. The number of nitrogens with two attached hydrogens (primary N) is 1. The molecule has 1 heterocycles. The normalized spacial score (nSPS) is 18.1. The molecule has 0 atom stereocenters. The number of nitrogens with one attached hydrogen (secondary N) is 2. The molecule has 0 aromatic carbocycles. The van der Waals surface area contributed by atoms with Gasteiger partial charge >= 0.3 is 0 Å². The van der Waals surface area contributed by atoms with E-state index in [2.05, 4.69) is 17.2 Å². The van der Waals surface area contributed by atoms with Crippen LogP contribution in [0.5, 0.6) is 0 Å². The van der Waals surface area contributed by atoms with Crippen molar-refractivity contribution in [2.24, 2.45) is 0 Å². The van der Waals surface area contributed by atoms with E-state index in [1.54, 1.807) is 6.08 Å². The van der Waals surface area contributed by atoms with Crippen LogP contribution in [0.3, 0.4) is 0 Å². The quantitative estimate of drug-likeness (QED) is 0.700. The Kier molecular flexibility index (Phi) is 3.22. The molecule has 4 N–H and O–H groups in total. The summed E-state index contributed by atoms with van der Waals surface area (Å²) in [7, 11) is 0. The molecule has 4 nitrogen and oxygen atoms in total. The van der Waals surface area contributed by atoms with E-state index in [1.807, 2.05) is 0 Å². The van der Waals surface area contributed by atoms with Crippen molar-refractivity contribution in [1.29, 1.82) is 0 Å². The van der Waals surface area contributed by atoms with Gasteiger partial charge in [-0.05, 0) is 31.6 Å². The fourth-order valence-electron chi connectivity index (χ4n) is 2.17. The molecular weight excluding hydrogens is 258 g/mol. The fourth-order valence-corrected chi connectivity index (χ4v) is 3.37. The van der Waals surface area contributed by atoms with Crippen LogP contribution in [0.15, 0.2) is 12.7 Å². The highest BCUT2D eigenvalue weighted by Gasteiger charge is 2.34. The second kappa shape index (κ2) is 4.89. The highest BCUT2D eigenvalue weighted by Crippen LogP contribution is 2.51. The zero-order chi connectivity index (χ0) is 13.4. The fraction of sp³-hybridized carbons (Fsp3) is 0.500. The number of anilines is 2.